The average Bonchev–Trinajstić information content (AvgIpc) is 3.45. The van der Waals surface area contributed by atoms with Gasteiger partial charge in [-0.3, -0.25) is 4.79 Å². The molecule has 0 radical (unpaired) electrons. The van der Waals surface area contributed by atoms with E-state index in [1.165, 1.54) is 7.11 Å². The Morgan fingerprint density at radius 3 is 2.54 bits per heavy atom. The van der Waals surface area contributed by atoms with Crippen molar-refractivity contribution in [1.29, 1.82) is 0 Å². The maximum atomic E-state index is 13.2. The summed E-state index contributed by atoms with van der Waals surface area (Å²) in [4.78, 5) is 24.8. The van der Waals surface area contributed by atoms with Gasteiger partial charge in [-0.05, 0) is 68.0 Å². The molecule has 0 aliphatic carbocycles. The van der Waals surface area contributed by atoms with Crippen LogP contribution in [0.2, 0.25) is 0 Å². The average molecular weight is 498 g/mol. The number of rotatable bonds is 7. The highest BCUT2D eigenvalue weighted by atomic mass is 16.5. The first kappa shape index (κ1) is 24.2. The maximum absolute atomic E-state index is 13.2. The Balaban J connectivity index is 1.39. The van der Waals surface area contributed by atoms with Crippen molar-refractivity contribution in [3.63, 3.8) is 0 Å². The van der Waals surface area contributed by atoms with Gasteiger partial charge in [-0.15, -0.1) is 0 Å². The van der Waals surface area contributed by atoms with Crippen molar-refractivity contribution in [1.82, 2.24) is 4.57 Å². The van der Waals surface area contributed by atoms with Crippen LogP contribution in [0.4, 0.5) is 0 Å². The van der Waals surface area contributed by atoms with Crippen molar-refractivity contribution in [3.05, 3.63) is 94.4 Å². The van der Waals surface area contributed by atoms with Crippen molar-refractivity contribution in [2.45, 2.75) is 27.0 Å². The zero-order valence-corrected chi connectivity index (χ0v) is 21.2. The van der Waals surface area contributed by atoms with E-state index in [0.717, 1.165) is 39.9 Å². The van der Waals surface area contributed by atoms with Crippen LogP contribution in [0, 0.1) is 6.92 Å². The minimum atomic E-state index is -0.383. The first-order valence-electron chi connectivity index (χ1n) is 12.0. The molecule has 5 rings (SSSR count). The molecular weight excluding hydrogens is 470 g/mol. The smallest absolute Gasteiger partial charge is 0.337 e. The van der Waals surface area contributed by atoms with E-state index in [-0.39, 0.29) is 17.5 Å². The van der Waals surface area contributed by atoms with Gasteiger partial charge < -0.3 is 23.5 Å². The number of methoxy groups -OCH3 is 2. The molecule has 37 heavy (non-hydrogen) atoms. The van der Waals surface area contributed by atoms with Gasteiger partial charge in [-0.25, -0.2) is 4.79 Å². The lowest BCUT2D eigenvalue weighted by Crippen LogP contribution is -2.02. The molecule has 0 bridgehead atoms. The summed E-state index contributed by atoms with van der Waals surface area (Å²) in [5, 5.41) is 0.986. The van der Waals surface area contributed by atoms with Crippen LogP contribution in [0.5, 0.6) is 17.2 Å². The maximum Gasteiger partial charge on any atom is 0.337 e. The highest BCUT2D eigenvalue weighted by molar-refractivity contribution is 6.15. The summed E-state index contributed by atoms with van der Waals surface area (Å²) >= 11 is 0. The molecule has 0 fully saturated rings. The predicted octanol–water partition coefficient (Wildman–Crippen LogP) is 5.96. The molecule has 0 N–H and O–H groups in total. The molecule has 1 aromatic heterocycles. The third-order valence-electron chi connectivity index (χ3n) is 6.55. The summed E-state index contributed by atoms with van der Waals surface area (Å²) in [6.45, 7) is 5.05. The van der Waals surface area contributed by atoms with Crippen molar-refractivity contribution >= 4 is 28.7 Å². The van der Waals surface area contributed by atoms with E-state index in [1.807, 2.05) is 43.5 Å². The molecule has 2 heterocycles. The summed E-state index contributed by atoms with van der Waals surface area (Å²) in [5.41, 5.74) is 4.58. The first-order chi connectivity index (χ1) is 17.9. The Kier molecular flexibility index (Phi) is 6.44. The number of ketones is 1. The number of carbonyl (C=O) groups excluding carboxylic acids is 2. The highest BCUT2D eigenvalue weighted by Crippen LogP contribution is 2.40. The summed E-state index contributed by atoms with van der Waals surface area (Å²) in [7, 11) is 2.99. The largest absolute Gasteiger partial charge is 0.497 e. The van der Waals surface area contributed by atoms with E-state index in [9.17, 15) is 9.59 Å². The van der Waals surface area contributed by atoms with Gasteiger partial charge in [-0.2, -0.15) is 0 Å². The molecule has 0 saturated heterocycles. The SMILES string of the molecule is CCn1cc(/C=C2\Oc3c(ccc(OCc4ccc(C(=O)OC)cc4)c3C)C2=O)c2cc(OC)ccc21. The molecule has 0 saturated carbocycles. The van der Waals surface area contributed by atoms with E-state index in [4.69, 9.17) is 18.9 Å². The predicted molar refractivity (Wildman–Crippen MR) is 140 cm³/mol. The molecule has 0 unspecified atom stereocenters. The third kappa shape index (κ3) is 4.44. The van der Waals surface area contributed by atoms with Gasteiger partial charge in [0.25, 0.3) is 0 Å². The lowest BCUT2D eigenvalue weighted by molar-refractivity contribution is 0.0600. The number of allylic oxidation sites excluding steroid dienone is 1. The Morgan fingerprint density at radius 1 is 1.05 bits per heavy atom. The molecule has 0 amide bonds. The lowest BCUT2D eigenvalue weighted by atomic mass is 10.1. The Labute approximate surface area is 214 Å². The summed E-state index contributed by atoms with van der Waals surface area (Å²) in [6.07, 6.45) is 3.81. The van der Waals surface area contributed by atoms with Crippen molar-refractivity contribution in [2.24, 2.45) is 0 Å². The number of carbonyl (C=O) groups is 2. The number of aromatic nitrogens is 1. The second-order valence-corrected chi connectivity index (χ2v) is 8.74. The van der Waals surface area contributed by atoms with E-state index in [1.54, 1.807) is 37.5 Å². The molecule has 0 atom stereocenters. The van der Waals surface area contributed by atoms with Crippen molar-refractivity contribution < 1.29 is 28.5 Å². The number of aryl methyl sites for hydroxylation is 1. The number of Topliss-reactive ketones (excluding diaryl/α,β-unsaturated/α-hetero) is 1. The Hall–Kier alpha value is -4.52. The molecule has 4 aromatic rings. The number of benzene rings is 3. The van der Waals surface area contributed by atoms with Crippen LogP contribution >= 0.6 is 0 Å². The molecule has 7 nitrogen and oxygen atoms in total. The van der Waals surface area contributed by atoms with Crippen LogP contribution in [0.25, 0.3) is 17.0 Å². The van der Waals surface area contributed by atoms with Crippen molar-refractivity contribution in [3.8, 4) is 17.2 Å². The Bertz CT molecular complexity index is 1540. The zero-order chi connectivity index (χ0) is 26.1. The number of hydrogen-bond acceptors (Lipinski definition) is 6. The number of esters is 1. The van der Waals surface area contributed by atoms with Crippen LogP contribution in [0.15, 0.2) is 66.6 Å². The quantitative estimate of drug-likeness (QED) is 0.232. The van der Waals surface area contributed by atoms with Gasteiger partial charge in [0.05, 0.1) is 25.3 Å². The molecule has 3 aromatic carbocycles. The van der Waals surface area contributed by atoms with Gasteiger partial charge in [0.15, 0.2) is 5.76 Å². The molecule has 7 heteroatoms. The molecule has 188 valence electrons. The van der Waals surface area contributed by atoms with Crippen LogP contribution in [0.1, 0.15) is 44.3 Å². The second-order valence-electron chi connectivity index (χ2n) is 8.74. The van der Waals surface area contributed by atoms with Gasteiger partial charge >= 0.3 is 5.97 Å². The number of nitrogens with zero attached hydrogens (tertiary/aromatic N) is 1. The van der Waals surface area contributed by atoms with Crippen LogP contribution in [-0.2, 0) is 17.9 Å². The molecule has 1 aliphatic heterocycles. The highest BCUT2D eigenvalue weighted by Gasteiger charge is 2.30. The topological polar surface area (TPSA) is 76.0 Å². The summed E-state index contributed by atoms with van der Waals surface area (Å²) in [5.74, 6) is 1.60. The Morgan fingerprint density at radius 2 is 1.84 bits per heavy atom. The molecule has 1 aliphatic rings. The van der Waals surface area contributed by atoms with Crippen LogP contribution in [0.3, 0.4) is 0 Å². The van der Waals surface area contributed by atoms with Gasteiger partial charge in [0.2, 0.25) is 5.78 Å². The fourth-order valence-corrected chi connectivity index (χ4v) is 4.49. The van der Waals surface area contributed by atoms with Crippen molar-refractivity contribution in [2.75, 3.05) is 14.2 Å². The zero-order valence-electron chi connectivity index (χ0n) is 21.2. The van der Waals surface area contributed by atoms with Gasteiger partial charge in [0, 0.05) is 34.8 Å². The number of ether oxygens (including phenoxy) is 4. The minimum absolute atomic E-state index is 0.164. The summed E-state index contributed by atoms with van der Waals surface area (Å²) < 4.78 is 24.4. The lowest BCUT2D eigenvalue weighted by Gasteiger charge is -2.11. The first-order valence-corrected chi connectivity index (χ1v) is 12.0. The van der Waals surface area contributed by atoms with Gasteiger partial charge in [0.1, 0.15) is 23.9 Å². The van der Waals surface area contributed by atoms with Crippen LogP contribution < -0.4 is 14.2 Å². The van der Waals surface area contributed by atoms with Gasteiger partial charge in [-0.1, -0.05) is 12.1 Å². The molecular formula is C30H27NO6. The summed E-state index contributed by atoms with van der Waals surface area (Å²) in [6, 6.07) is 16.5. The van der Waals surface area contributed by atoms with E-state index in [2.05, 4.69) is 11.5 Å². The number of fused-ring (bicyclic) bond motifs is 2. The molecule has 0 spiro atoms. The number of hydrogen-bond donors (Lipinski definition) is 0. The third-order valence-corrected chi connectivity index (χ3v) is 6.55. The van der Waals surface area contributed by atoms with E-state index in [0.29, 0.717) is 29.2 Å². The van der Waals surface area contributed by atoms with E-state index < -0.39 is 0 Å². The fraction of sp³-hybridized carbons (Fsp3) is 0.200. The second kappa shape index (κ2) is 9.85. The van der Waals surface area contributed by atoms with Crippen LogP contribution in [-0.4, -0.2) is 30.5 Å². The standard InChI is InChI=1S/C30H27NO6/c1-5-31-16-21(24-15-22(34-3)10-12-25(24)31)14-27-28(32)23-11-13-26(18(2)29(23)37-27)36-17-19-6-8-20(9-7-19)30(33)35-4/h6-16H,5,17H2,1-4H3/b27-14-. The van der Waals surface area contributed by atoms with E-state index >= 15 is 0 Å². The monoisotopic (exact) mass is 497 g/mol. The minimum Gasteiger partial charge on any atom is -0.497 e. The fourth-order valence-electron chi connectivity index (χ4n) is 4.49. The normalized spacial score (nSPS) is 13.5.